The second kappa shape index (κ2) is 4.32. The molecule has 98 valence electrons. The van der Waals surface area contributed by atoms with Crippen LogP contribution in [0.1, 0.15) is 30.9 Å². The SMILES string of the molecule is OC(c1ccc(Br)c2ccccc12)C1CC2CC2C1. The molecule has 19 heavy (non-hydrogen) atoms. The predicted octanol–water partition coefficient (Wildman–Crippen LogP) is 4.68. The minimum Gasteiger partial charge on any atom is -0.388 e. The summed E-state index contributed by atoms with van der Waals surface area (Å²) in [4.78, 5) is 0. The van der Waals surface area contributed by atoms with Gasteiger partial charge in [0.25, 0.3) is 0 Å². The molecule has 0 aliphatic heterocycles. The van der Waals surface area contributed by atoms with Crippen LogP contribution in [0.5, 0.6) is 0 Å². The fraction of sp³-hybridized carbons (Fsp3) is 0.412. The Labute approximate surface area is 121 Å². The van der Waals surface area contributed by atoms with Crippen molar-refractivity contribution in [3.8, 4) is 0 Å². The van der Waals surface area contributed by atoms with Crippen LogP contribution in [0.3, 0.4) is 0 Å². The molecule has 2 saturated carbocycles. The Morgan fingerprint density at radius 1 is 0.947 bits per heavy atom. The topological polar surface area (TPSA) is 20.2 Å². The average Bonchev–Trinajstić information content (AvgIpc) is 3.05. The lowest BCUT2D eigenvalue weighted by Crippen LogP contribution is -2.11. The highest BCUT2D eigenvalue weighted by Gasteiger charge is 2.47. The summed E-state index contributed by atoms with van der Waals surface area (Å²) in [5.41, 5.74) is 1.10. The average molecular weight is 317 g/mol. The van der Waals surface area contributed by atoms with Crippen LogP contribution in [0.15, 0.2) is 40.9 Å². The van der Waals surface area contributed by atoms with E-state index >= 15 is 0 Å². The van der Waals surface area contributed by atoms with Gasteiger partial charge in [-0.3, -0.25) is 0 Å². The second-order valence-electron chi connectivity index (χ2n) is 6.11. The van der Waals surface area contributed by atoms with E-state index in [9.17, 15) is 5.11 Å². The van der Waals surface area contributed by atoms with Gasteiger partial charge in [-0.1, -0.05) is 46.3 Å². The largest absolute Gasteiger partial charge is 0.388 e. The van der Waals surface area contributed by atoms with Crippen LogP contribution in [0.2, 0.25) is 0 Å². The van der Waals surface area contributed by atoms with Crippen molar-refractivity contribution >= 4 is 26.7 Å². The first kappa shape index (κ1) is 11.9. The van der Waals surface area contributed by atoms with Gasteiger partial charge < -0.3 is 5.11 Å². The summed E-state index contributed by atoms with van der Waals surface area (Å²) < 4.78 is 1.10. The standard InChI is InChI=1S/C17H17BrO/c18-16-6-5-15(13-3-1-2-4-14(13)16)17(19)12-8-10-7-11(10)9-12/h1-6,10-12,17,19H,7-9H2. The van der Waals surface area contributed by atoms with Crippen molar-refractivity contribution < 1.29 is 5.11 Å². The fourth-order valence-corrected chi connectivity index (χ4v) is 4.29. The molecular formula is C17H17BrO. The molecular weight excluding hydrogens is 300 g/mol. The number of benzene rings is 2. The first-order chi connectivity index (χ1) is 9.24. The van der Waals surface area contributed by atoms with Gasteiger partial charge in [0.05, 0.1) is 6.10 Å². The van der Waals surface area contributed by atoms with Gasteiger partial charge in [0.1, 0.15) is 0 Å². The van der Waals surface area contributed by atoms with Gasteiger partial charge in [0.15, 0.2) is 0 Å². The summed E-state index contributed by atoms with van der Waals surface area (Å²) in [7, 11) is 0. The Hall–Kier alpha value is -0.860. The van der Waals surface area contributed by atoms with E-state index in [-0.39, 0.29) is 6.10 Å². The number of hydrogen-bond donors (Lipinski definition) is 1. The van der Waals surface area contributed by atoms with Crippen LogP contribution >= 0.6 is 15.9 Å². The maximum atomic E-state index is 10.7. The smallest absolute Gasteiger partial charge is 0.0824 e. The predicted molar refractivity (Wildman–Crippen MR) is 80.9 cm³/mol. The zero-order valence-electron chi connectivity index (χ0n) is 10.7. The highest BCUT2D eigenvalue weighted by Crippen LogP contribution is 2.57. The molecule has 1 nitrogen and oxygen atoms in total. The Morgan fingerprint density at radius 2 is 1.63 bits per heavy atom. The molecule has 0 radical (unpaired) electrons. The molecule has 0 aromatic heterocycles. The minimum atomic E-state index is -0.300. The first-order valence-electron chi connectivity index (χ1n) is 7.09. The molecule has 0 saturated heterocycles. The third-order valence-corrected chi connectivity index (χ3v) is 5.64. The van der Waals surface area contributed by atoms with E-state index in [4.69, 9.17) is 0 Å². The van der Waals surface area contributed by atoms with Crippen molar-refractivity contribution in [2.45, 2.75) is 25.4 Å². The van der Waals surface area contributed by atoms with Crippen molar-refractivity contribution in [2.75, 3.05) is 0 Å². The van der Waals surface area contributed by atoms with Crippen LogP contribution in [-0.4, -0.2) is 5.11 Å². The summed E-state index contributed by atoms with van der Waals surface area (Å²) in [6.07, 6.45) is 3.54. The van der Waals surface area contributed by atoms with E-state index in [2.05, 4.69) is 46.3 Å². The van der Waals surface area contributed by atoms with E-state index in [0.29, 0.717) is 5.92 Å². The Bertz CT molecular complexity index is 626. The molecule has 3 atom stereocenters. The van der Waals surface area contributed by atoms with E-state index in [1.165, 1.54) is 30.0 Å². The quantitative estimate of drug-likeness (QED) is 0.852. The van der Waals surface area contributed by atoms with Crippen LogP contribution in [0, 0.1) is 17.8 Å². The number of fused-ring (bicyclic) bond motifs is 2. The number of aliphatic hydroxyl groups excluding tert-OH is 1. The summed E-state index contributed by atoms with van der Waals surface area (Å²) in [6.45, 7) is 0. The summed E-state index contributed by atoms with van der Waals surface area (Å²) in [5, 5.41) is 13.1. The minimum absolute atomic E-state index is 0.300. The van der Waals surface area contributed by atoms with Gasteiger partial charge in [-0.2, -0.15) is 0 Å². The van der Waals surface area contributed by atoms with Crippen molar-refractivity contribution in [1.29, 1.82) is 0 Å². The molecule has 2 aromatic rings. The molecule has 2 fully saturated rings. The van der Waals surface area contributed by atoms with Gasteiger partial charge >= 0.3 is 0 Å². The summed E-state index contributed by atoms with van der Waals surface area (Å²) in [6, 6.07) is 12.5. The van der Waals surface area contributed by atoms with E-state index in [1.807, 2.05) is 6.07 Å². The molecule has 0 spiro atoms. The third-order valence-electron chi connectivity index (χ3n) is 4.95. The monoisotopic (exact) mass is 316 g/mol. The molecule has 2 aromatic carbocycles. The maximum Gasteiger partial charge on any atom is 0.0824 e. The van der Waals surface area contributed by atoms with Gasteiger partial charge in [0, 0.05) is 4.47 Å². The lowest BCUT2D eigenvalue weighted by molar-refractivity contribution is 0.106. The molecule has 0 heterocycles. The molecule has 0 bridgehead atoms. The first-order valence-corrected chi connectivity index (χ1v) is 7.88. The van der Waals surface area contributed by atoms with Crippen molar-refractivity contribution in [2.24, 2.45) is 17.8 Å². The van der Waals surface area contributed by atoms with E-state index < -0.39 is 0 Å². The zero-order valence-corrected chi connectivity index (χ0v) is 12.3. The zero-order chi connectivity index (χ0) is 13.0. The normalized spacial score (nSPS) is 30.3. The van der Waals surface area contributed by atoms with Gasteiger partial charge in [-0.25, -0.2) is 0 Å². The van der Waals surface area contributed by atoms with Gasteiger partial charge in [-0.15, -0.1) is 0 Å². The second-order valence-corrected chi connectivity index (χ2v) is 6.97. The van der Waals surface area contributed by atoms with Crippen LogP contribution in [0.25, 0.3) is 10.8 Å². The molecule has 2 heteroatoms. The molecule has 3 unspecified atom stereocenters. The number of halogens is 1. The number of aliphatic hydroxyl groups is 1. The van der Waals surface area contributed by atoms with E-state index in [0.717, 1.165) is 21.9 Å². The molecule has 0 amide bonds. The van der Waals surface area contributed by atoms with Crippen LogP contribution in [0.4, 0.5) is 0 Å². The maximum absolute atomic E-state index is 10.7. The summed E-state index contributed by atoms with van der Waals surface area (Å²) >= 11 is 3.60. The highest BCUT2D eigenvalue weighted by molar-refractivity contribution is 9.10. The van der Waals surface area contributed by atoms with Crippen molar-refractivity contribution in [1.82, 2.24) is 0 Å². The van der Waals surface area contributed by atoms with Crippen LogP contribution in [-0.2, 0) is 0 Å². The Balaban J connectivity index is 1.76. The molecule has 2 aliphatic rings. The Morgan fingerprint density at radius 3 is 2.37 bits per heavy atom. The summed E-state index contributed by atoms with van der Waals surface area (Å²) in [5.74, 6) is 2.30. The molecule has 4 rings (SSSR count). The van der Waals surface area contributed by atoms with Crippen molar-refractivity contribution in [3.05, 3.63) is 46.4 Å². The lowest BCUT2D eigenvalue weighted by Gasteiger charge is -2.21. The van der Waals surface area contributed by atoms with Gasteiger partial charge in [0.2, 0.25) is 0 Å². The lowest BCUT2D eigenvalue weighted by atomic mass is 9.89. The number of hydrogen-bond acceptors (Lipinski definition) is 1. The van der Waals surface area contributed by atoms with Crippen LogP contribution < -0.4 is 0 Å². The molecule has 2 aliphatic carbocycles. The Kier molecular flexibility index (Phi) is 2.71. The third kappa shape index (κ3) is 1.93. The molecule has 1 N–H and O–H groups in total. The van der Waals surface area contributed by atoms with Gasteiger partial charge in [-0.05, 0) is 59.4 Å². The highest BCUT2D eigenvalue weighted by atomic mass is 79.9. The van der Waals surface area contributed by atoms with E-state index in [1.54, 1.807) is 0 Å². The fourth-order valence-electron chi connectivity index (χ4n) is 3.82. The van der Waals surface area contributed by atoms with Crippen molar-refractivity contribution in [3.63, 3.8) is 0 Å². The number of rotatable bonds is 2.